The monoisotopic (exact) mass is 112 g/mol. The number of hydrogen-bond acceptors (Lipinski definition) is 2. The highest BCUT2D eigenvalue weighted by Crippen LogP contribution is 2.06. The summed E-state index contributed by atoms with van der Waals surface area (Å²) in [6.45, 7) is 1.70. The van der Waals surface area contributed by atoms with Gasteiger partial charge in [0.2, 0.25) is 0 Å². The molecule has 2 N–H and O–H groups in total. The van der Waals surface area contributed by atoms with Crippen LogP contribution in [0.3, 0.4) is 0 Å². The SMILES string of the molecule is C[C@@H](O)c1cn[nH]c1. The summed E-state index contributed by atoms with van der Waals surface area (Å²) in [6, 6.07) is 0. The van der Waals surface area contributed by atoms with Crippen molar-refractivity contribution >= 4 is 0 Å². The number of rotatable bonds is 1. The summed E-state index contributed by atoms with van der Waals surface area (Å²) in [5.74, 6) is 0. The molecule has 1 aromatic rings. The first-order chi connectivity index (χ1) is 3.80. The first-order valence-electron chi connectivity index (χ1n) is 2.47. The van der Waals surface area contributed by atoms with E-state index >= 15 is 0 Å². The van der Waals surface area contributed by atoms with Crippen LogP contribution in [0.4, 0.5) is 0 Å². The fourth-order valence-electron chi connectivity index (χ4n) is 0.489. The fourth-order valence-corrected chi connectivity index (χ4v) is 0.489. The van der Waals surface area contributed by atoms with Crippen LogP contribution < -0.4 is 0 Å². The largest absolute Gasteiger partial charge is 0.389 e. The van der Waals surface area contributed by atoms with Crippen LogP contribution in [0.1, 0.15) is 18.6 Å². The van der Waals surface area contributed by atoms with Crippen molar-refractivity contribution in [2.75, 3.05) is 0 Å². The Hall–Kier alpha value is -0.830. The van der Waals surface area contributed by atoms with Gasteiger partial charge in [-0.3, -0.25) is 5.10 Å². The molecular weight excluding hydrogens is 104 g/mol. The maximum atomic E-state index is 8.85. The van der Waals surface area contributed by atoms with Crippen LogP contribution in [-0.4, -0.2) is 15.3 Å². The first kappa shape index (κ1) is 5.31. The molecule has 0 fully saturated rings. The van der Waals surface area contributed by atoms with Crippen LogP contribution >= 0.6 is 0 Å². The van der Waals surface area contributed by atoms with Gasteiger partial charge in [0.25, 0.3) is 0 Å². The van der Waals surface area contributed by atoms with Crippen molar-refractivity contribution in [3.63, 3.8) is 0 Å². The molecule has 0 unspecified atom stereocenters. The highest BCUT2D eigenvalue weighted by atomic mass is 16.3. The average Bonchev–Trinajstić information content (AvgIpc) is 2.12. The van der Waals surface area contributed by atoms with E-state index in [0.717, 1.165) is 5.56 Å². The lowest BCUT2D eigenvalue weighted by Gasteiger charge is -1.94. The summed E-state index contributed by atoms with van der Waals surface area (Å²) in [4.78, 5) is 0. The topological polar surface area (TPSA) is 48.9 Å². The number of hydrogen-bond donors (Lipinski definition) is 2. The van der Waals surface area contributed by atoms with Crippen LogP contribution in [0.25, 0.3) is 0 Å². The number of nitrogens with zero attached hydrogens (tertiary/aromatic N) is 1. The predicted octanol–water partition coefficient (Wildman–Crippen LogP) is 0.463. The second kappa shape index (κ2) is 1.96. The highest BCUT2D eigenvalue weighted by molar-refractivity contribution is 5.04. The number of aromatic nitrogens is 2. The lowest BCUT2D eigenvalue weighted by molar-refractivity contribution is 0.199. The van der Waals surface area contributed by atoms with Crippen molar-refractivity contribution in [1.82, 2.24) is 10.2 Å². The van der Waals surface area contributed by atoms with Gasteiger partial charge in [-0.05, 0) is 6.92 Å². The number of aliphatic hydroxyl groups excluding tert-OH is 1. The highest BCUT2D eigenvalue weighted by Gasteiger charge is 1.97. The molecule has 3 heteroatoms. The number of nitrogens with one attached hydrogen (secondary N) is 1. The number of aromatic amines is 1. The maximum Gasteiger partial charge on any atom is 0.0792 e. The summed E-state index contributed by atoms with van der Waals surface area (Å²) in [7, 11) is 0. The molecule has 1 rings (SSSR count). The lowest BCUT2D eigenvalue weighted by atomic mass is 10.2. The van der Waals surface area contributed by atoms with Crippen LogP contribution in [0.5, 0.6) is 0 Å². The molecule has 44 valence electrons. The Kier molecular flexibility index (Phi) is 1.30. The lowest BCUT2D eigenvalue weighted by Crippen LogP contribution is -1.85. The van der Waals surface area contributed by atoms with Gasteiger partial charge in [-0.15, -0.1) is 0 Å². The molecule has 3 nitrogen and oxygen atoms in total. The zero-order chi connectivity index (χ0) is 5.98. The van der Waals surface area contributed by atoms with Crippen molar-refractivity contribution in [2.45, 2.75) is 13.0 Å². The summed E-state index contributed by atoms with van der Waals surface area (Å²) in [5.41, 5.74) is 0.824. The Labute approximate surface area is 47.4 Å². The normalized spacial score (nSPS) is 13.8. The third-order valence-corrected chi connectivity index (χ3v) is 1.00. The molecular formula is C5H8N2O. The summed E-state index contributed by atoms with van der Waals surface area (Å²) >= 11 is 0. The third kappa shape index (κ3) is 0.869. The van der Waals surface area contributed by atoms with E-state index in [0.29, 0.717) is 0 Å². The van der Waals surface area contributed by atoms with Crippen LogP contribution in [-0.2, 0) is 0 Å². The summed E-state index contributed by atoms with van der Waals surface area (Å²) in [5, 5.41) is 15.1. The van der Waals surface area contributed by atoms with Crippen molar-refractivity contribution in [3.05, 3.63) is 18.0 Å². The molecule has 1 heterocycles. The average molecular weight is 112 g/mol. The minimum atomic E-state index is -0.409. The summed E-state index contributed by atoms with van der Waals surface area (Å²) < 4.78 is 0. The van der Waals surface area contributed by atoms with E-state index in [-0.39, 0.29) is 0 Å². The smallest absolute Gasteiger partial charge is 0.0792 e. The standard InChI is InChI=1S/C5H8N2O/c1-4(8)5-2-6-7-3-5/h2-4,8H,1H3,(H,6,7)/t4-/m1/s1. The van der Waals surface area contributed by atoms with Crippen LogP contribution in [0.15, 0.2) is 12.4 Å². The molecule has 0 saturated heterocycles. The molecule has 0 aliphatic carbocycles. The zero-order valence-corrected chi connectivity index (χ0v) is 4.63. The minimum Gasteiger partial charge on any atom is -0.389 e. The van der Waals surface area contributed by atoms with Gasteiger partial charge < -0.3 is 5.11 Å². The fraction of sp³-hybridized carbons (Fsp3) is 0.400. The molecule has 0 amide bonds. The van der Waals surface area contributed by atoms with Gasteiger partial charge in [0.05, 0.1) is 12.3 Å². The minimum absolute atomic E-state index is 0.409. The van der Waals surface area contributed by atoms with Gasteiger partial charge in [0.15, 0.2) is 0 Å². The third-order valence-electron chi connectivity index (χ3n) is 1.00. The predicted molar refractivity (Wildman–Crippen MR) is 29.2 cm³/mol. The Balaban J connectivity index is 2.77. The van der Waals surface area contributed by atoms with Crippen LogP contribution in [0, 0.1) is 0 Å². The number of aliphatic hydroxyl groups is 1. The van der Waals surface area contributed by atoms with E-state index < -0.39 is 6.10 Å². The van der Waals surface area contributed by atoms with E-state index in [1.807, 2.05) is 0 Å². The van der Waals surface area contributed by atoms with E-state index in [2.05, 4.69) is 10.2 Å². The van der Waals surface area contributed by atoms with E-state index in [4.69, 9.17) is 5.11 Å². The molecule has 1 atom stereocenters. The van der Waals surface area contributed by atoms with Crippen molar-refractivity contribution < 1.29 is 5.11 Å². The van der Waals surface area contributed by atoms with Crippen molar-refractivity contribution in [2.24, 2.45) is 0 Å². The van der Waals surface area contributed by atoms with Gasteiger partial charge in [-0.25, -0.2) is 0 Å². The van der Waals surface area contributed by atoms with E-state index in [1.54, 1.807) is 19.3 Å². The van der Waals surface area contributed by atoms with E-state index in [9.17, 15) is 0 Å². The quantitative estimate of drug-likeness (QED) is 0.554. The molecule has 0 saturated carbocycles. The Bertz CT molecular complexity index is 145. The maximum absolute atomic E-state index is 8.85. The van der Waals surface area contributed by atoms with Gasteiger partial charge in [0, 0.05) is 11.8 Å². The van der Waals surface area contributed by atoms with Gasteiger partial charge in [0.1, 0.15) is 0 Å². The van der Waals surface area contributed by atoms with Crippen molar-refractivity contribution in [3.8, 4) is 0 Å². The Morgan fingerprint density at radius 3 is 2.88 bits per heavy atom. The molecule has 1 aromatic heterocycles. The van der Waals surface area contributed by atoms with Gasteiger partial charge in [-0.1, -0.05) is 0 Å². The number of H-pyrrole nitrogens is 1. The zero-order valence-electron chi connectivity index (χ0n) is 4.63. The van der Waals surface area contributed by atoms with Gasteiger partial charge >= 0.3 is 0 Å². The second-order valence-corrected chi connectivity index (χ2v) is 1.71. The first-order valence-corrected chi connectivity index (χ1v) is 2.47. The molecule has 0 aliphatic heterocycles. The molecule has 0 spiro atoms. The van der Waals surface area contributed by atoms with Gasteiger partial charge in [-0.2, -0.15) is 5.10 Å². The van der Waals surface area contributed by atoms with E-state index in [1.165, 1.54) is 0 Å². The molecule has 0 aliphatic rings. The molecule has 0 aromatic carbocycles. The molecule has 8 heavy (non-hydrogen) atoms. The molecule has 0 bridgehead atoms. The van der Waals surface area contributed by atoms with Crippen LogP contribution in [0.2, 0.25) is 0 Å². The second-order valence-electron chi connectivity index (χ2n) is 1.71. The van der Waals surface area contributed by atoms with Crippen molar-refractivity contribution in [1.29, 1.82) is 0 Å². The Morgan fingerprint density at radius 2 is 2.62 bits per heavy atom. The Morgan fingerprint density at radius 1 is 1.88 bits per heavy atom. The molecule has 0 radical (unpaired) electrons. The summed E-state index contributed by atoms with van der Waals surface area (Å²) in [6.07, 6.45) is 2.86.